The number of carboxylic acids is 1. The number of rotatable bonds is 3. The highest BCUT2D eigenvalue weighted by atomic mass is 32.1. The molecule has 0 aromatic heterocycles. The minimum Gasteiger partial charge on any atom is -0.478 e. The van der Waals surface area contributed by atoms with Crippen LogP contribution in [-0.4, -0.2) is 22.2 Å². The Morgan fingerprint density at radius 3 is 2.71 bits per heavy atom. The highest BCUT2D eigenvalue weighted by Gasteiger charge is 2.21. The maximum Gasteiger partial charge on any atom is 0.335 e. The largest absolute Gasteiger partial charge is 0.478 e. The smallest absolute Gasteiger partial charge is 0.335 e. The number of anilines is 1. The van der Waals surface area contributed by atoms with Crippen LogP contribution >= 0.6 is 12.2 Å². The van der Waals surface area contributed by atoms with Crippen molar-refractivity contribution in [3.8, 4) is 0 Å². The minimum absolute atomic E-state index is 0.286. The topological polar surface area (TPSA) is 61.4 Å². The van der Waals surface area contributed by atoms with Gasteiger partial charge in [0.05, 0.1) is 5.56 Å². The van der Waals surface area contributed by atoms with Crippen LogP contribution in [0.2, 0.25) is 0 Å². The number of nitrogens with one attached hydrogen (secondary N) is 2. The summed E-state index contributed by atoms with van der Waals surface area (Å²) in [6.45, 7) is 1.86. The van der Waals surface area contributed by atoms with E-state index in [4.69, 9.17) is 17.3 Å². The molecule has 0 saturated heterocycles. The van der Waals surface area contributed by atoms with Crippen molar-refractivity contribution in [2.24, 2.45) is 0 Å². The lowest BCUT2D eigenvalue weighted by Gasteiger charge is -2.12. The third kappa shape index (κ3) is 3.17. The molecular weight excluding hydrogens is 236 g/mol. The maximum absolute atomic E-state index is 10.8. The molecule has 1 aliphatic rings. The zero-order valence-electron chi connectivity index (χ0n) is 9.49. The Bertz CT molecular complexity index is 470. The van der Waals surface area contributed by atoms with E-state index in [-0.39, 0.29) is 5.56 Å². The quantitative estimate of drug-likeness (QED) is 0.717. The minimum atomic E-state index is -0.918. The number of carboxylic acid groups (broad SMARTS) is 1. The number of hydrogen-bond donors (Lipinski definition) is 3. The molecule has 1 aliphatic carbocycles. The Hall–Kier alpha value is -1.62. The number of hydrogen-bond acceptors (Lipinski definition) is 2. The van der Waals surface area contributed by atoms with Gasteiger partial charge in [-0.15, -0.1) is 0 Å². The summed E-state index contributed by atoms with van der Waals surface area (Å²) in [4.78, 5) is 10.8. The molecule has 0 aliphatic heterocycles. The molecule has 17 heavy (non-hydrogen) atoms. The number of aromatic carboxylic acids is 1. The Balaban J connectivity index is 2.04. The number of benzene rings is 1. The van der Waals surface area contributed by atoms with E-state index in [0.717, 1.165) is 11.3 Å². The summed E-state index contributed by atoms with van der Waals surface area (Å²) < 4.78 is 0. The van der Waals surface area contributed by atoms with Crippen molar-refractivity contribution in [1.29, 1.82) is 0 Å². The molecule has 1 aromatic rings. The number of thiocarbonyl (C=S) groups is 1. The van der Waals surface area contributed by atoms with Crippen LogP contribution in [0.5, 0.6) is 0 Å². The first-order chi connectivity index (χ1) is 8.06. The molecule has 0 radical (unpaired) electrons. The van der Waals surface area contributed by atoms with Crippen molar-refractivity contribution >= 4 is 29.0 Å². The highest BCUT2D eigenvalue weighted by Crippen LogP contribution is 2.20. The molecule has 0 heterocycles. The van der Waals surface area contributed by atoms with Crippen molar-refractivity contribution in [2.45, 2.75) is 25.8 Å². The maximum atomic E-state index is 10.8. The molecule has 1 aromatic carbocycles. The predicted octanol–water partition coefficient (Wildman–Crippen LogP) is 2.14. The molecule has 90 valence electrons. The average Bonchev–Trinajstić information content (AvgIpc) is 3.04. The van der Waals surface area contributed by atoms with E-state index in [0.29, 0.717) is 11.2 Å². The lowest BCUT2D eigenvalue weighted by molar-refractivity contribution is 0.0697. The van der Waals surface area contributed by atoms with Gasteiger partial charge in [0.2, 0.25) is 0 Å². The molecule has 1 fully saturated rings. The number of aryl methyl sites for hydroxylation is 1. The van der Waals surface area contributed by atoms with Crippen LogP contribution in [0.15, 0.2) is 18.2 Å². The van der Waals surface area contributed by atoms with Gasteiger partial charge in [-0.2, -0.15) is 0 Å². The van der Waals surface area contributed by atoms with E-state index >= 15 is 0 Å². The van der Waals surface area contributed by atoms with Gasteiger partial charge in [0.1, 0.15) is 0 Å². The standard InChI is InChI=1S/C12H14N2O2S/c1-7-6-8(11(15)16)2-5-10(7)14-12(17)13-9-3-4-9/h2,5-6,9H,3-4H2,1H3,(H,15,16)(H2,13,14,17). The molecule has 0 amide bonds. The van der Waals surface area contributed by atoms with E-state index < -0.39 is 5.97 Å². The third-order valence-electron chi connectivity index (χ3n) is 2.63. The zero-order valence-corrected chi connectivity index (χ0v) is 10.3. The van der Waals surface area contributed by atoms with Gasteiger partial charge >= 0.3 is 5.97 Å². The van der Waals surface area contributed by atoms with E-state index in [2.05, 4.69) is 10.6 Å². The van der Waals surface area contributed by atoms with Crippen LogP contribution in [-0.2, 0) is 0 Å². The van der Waals surface area contributed by atoms with Crippen LogP contribution < -0.4 is 10.6 Å². The van der Waals surface area contributed by atoms with Gasteiger partial charge in [0.25, 0.3) is 0 Å². The average molecular weight is 250 g/mol. The normalized spacial score (nSPS) is 14.2. The molecular formula is C12H14N2O2S. The molecule has 0 unspecified atom stereocenters. The third-order valence-corrected chi connectivity index (χ3v) is 2.85. The van der Waals surface area contributed by atoms with Crippen LogP contribution in [0.4, 0.5) is 5.69 Å². The second kappa shape index (κ2) is 4.71. The second-order valence-electron chi connectivity index (χ2n) is 4.21. The van der Waals surface area contributed by atoms with Gasteiger partial charge in [-0.25, -0.2) is 4.79 Å². The summed E-state index contributed by atoms with van der Waals surface area (Å²) in [5.74, 6) is -0.918. The summed E-state index contributed by atoms with van der Waals surface area (Å²) in [5.41, 5.74) is 1.99. The van der Waals surface area contributed by atoms with Crippen LogP contribution in [0.25, 0.3) is 0 Å². The fourth-order valence-electron chi connectivity index (χ4n) is 1.51. The highest BCUT2D eigenvalue weighted by molar-refractivity contribution is 7.80. The van der Waals surface area contributed by atoms with Crippen LogP contribution in [0.1, 0.15) is 28.8 Å². The van der Waals surface area contributed by atoms with Gasteiger partial charge in [-0.1, -0.05) is 0 Å². The van der Waals surface area contributed by atoms with Gasteiger partial charge in [0.15, 0.2) is 5.11 Å². The van der Waals surface area contributed by atoms with Gasteiger partial charge in [0, 0.05) is 11.7 Å². The Morgan fingerprint density at radius 1 is 1.47 bits per heavy atom. The van der Waals surface area contributed by atoms with Crippen molar-refractivity contribution in [1.82, 2.24) is 5.32 Å². The van der Waals surface area contributed by atoms with Crippen molar-refractivity contribution in [3.05, 3.63) is 29.3 Å². The van der Waals surface area contributed by atoms with E-state index in [1.165, 1.54) is 12.8 Å². The summed E-state index contributed by atoms with van der Waals surface area (Å²) in [6, 6.07) is 5.44. The SMILES string of the molecule is Cc1cc(C(=O)O)ccc1NC(=S)NC1CC1. The fraction of sp³-hybridized carbons (Fsp3) is 0.333. The Morgan fingerprint density at radius 2 is 2.18 bits per heavy atom. The lowest BCUT2D eigenvalue weighted by atomic mass is 10.1. The zero-order chi connectivity index (χ0) is 12.4. The molecule has 3 N–H and O–H groups in total. The number of carbonyl (C=O) groups is 1. The summed E-state index contributed by atoms with van der Waals surface area (Å²) in [6.07, 6.45) is 2.33. The molecule has 1 saturated carbocycles. The van der Waals surface area contributed by atoms with Gasteiger partial charge in [-0.3, -0.25) is 0 Å². The first-order valence-corrected chi connectivity index (χ1v) is 5.88. The van der Waals surface area contributed by atoms with E-state index in [9.17, 15) is 4.79 Å². The van der Waals surface area contributed by atoms with E-state index in [1.54, 1.807) is 18.2 Å². The summed E-state index contributed by atoms with van der Waals surface area (Å²) in [7, 11) is 0. The second-order valence-corrected chi connectivity index (χ2v) is 4.62. The van der Waals surface area contributed by atoms with Crippen LogP contribution in [0.3, 0.4) is 0 Å². The monoisotopic (exact) mass is 250 g/mol. The predicted molar refractivity (Wildman–Crippen MR) is 70.5 cm³/mol. The van der Waals surface area contributed by atoms with Crippen molar-refractivity contribution in [3.63, 3.8) is 0 Å². The lowest BCUT2D eigenvalue weighted by Crippen LogP contribution is -2.30. The van der Waals surface area contributed by atoms with Crippen molar-refractivity contribution in [2.75, 3.05) is 5.32 Å². The van der Waals surface area contributed by atoms with Crippen molar-refractivity contribution < 1.29 is 9.90 Å². The van der Waals surface area contributed by atoms with Gasteiger partial charge in [-0.05, 0) is 55.7 Å². The molecule has 0 atom stereocenters. The summed E-state index contributed by atoms with van der Waals surface area (Å²) in [5, 5.41) is 15.7. The molecule has 4 nitrogen and oxygen atoms in total. The first-order valence-electron chi connectivity index (χ1n) is 5.48. The fourth-order valence-corrected chi connectivity index (χ4v) is 1.79. The van der Waals surface area contributed by atoms with Crippen LogP contribution in [0, 0.1) is 6.92 Å². The molecule has 0 spiro atoms. The first kappa shape index (κ1) is 11.9. The molecule has 2 rings (SSSR count). The van der Waals surface area contributed by atoms with E-state index in [1.807, 2.05) is 6.92 Å². The molecule has 0 bridgehead atoms. The van der Waals surface area contributed by atoms with Gasteiger partial charge < -0.3 is 15.7 Å². The summed E-state index contributed by atoms with van der Waals surface area (Å²) >= 11 is 5.16. The molecule has 5 heteroatoms. The Labute approximate surface area is 105 Å². The Kier molecular flexibility index (Phi) is 3.28.